The largest absolute Gasteiger partial charge is 0.494 e. The first kappa shape index (κ1) is 44.2. The Balaban J connectivity index is 1.23. The molecule has 3 nitrogen and oxygen atoms in total. The molecule has 318 valence electrons. The van der Waals surface area contributed by atoms with Gasteiger partial charge in [0, 0.05) is 31.9 Å². The molecule has 0 N–H and O–H groups in total. The fourth-order valence-corrected chi connectivity index (χ4v) is 11.2. The first-order valence-electron chi connectivity index (χ1n) is 23.6. The summed E-state index contributed by atoms with van der Waals surface area (Å²) in [5, 5.41) is 0. The number of thiophene rings is 1. The first-order chi connectivity index (χ1) is 29.5. The molecule has 7 rings (SSSR count). The van der Waals surface area contributed by atoms with Crippen LogP contribution in [0.5, 0.6) is 5.75 Å². The maximum absolute atomic E-state index is 15.5. The zero-order valence-corrected chi connectivity index (χ0v) is 38.5. The van der Waals surface area contributed by atoms with Crippen LogP contribution in [0.3, 0.4) is 0 Å². The molecule has 4 aromatic carbocycles. The Morgan fingerprint density at radius 3 is 1.75 bits per heavy atom. The van der Waals surface area contributed by atoms with E-state index in [1.165, 1.54) is 129 Å². The number of ether oxygens (including phenoxy) is 1. The van der Waals surface area contributed by atoms with Crippen molar-refractivity contribution >= 4 is 34.1 Å². The quantitative estimate of drug-likeness (QED) is 0.0539. The fourth-order valence-electron chi connectivity index (χ4n) is 9.56. The van der Waals surface area contributed by atoms with Gasteiger partial charge in [0.15, 0.2) is 0 Å². The average molecular weight is 843 g/mol. The second kappa shape index (κ2) is 21.8. The summed E-state index contributed by atoms with van der Waals surface area (Å²) in [5.74, 6) is 0.867. The van der Waals surface area contributed by atoms with Gasteiger partial charge in [-0.25, -0.2) is 4.39 Å². The number of hydrogen-bond donors (Lipinski definition) is 0. The van der Waals surface area contributed by atoms with Crippen molar-refractivity contribution in [3.8, 4) is 48.9 Å². The number of halogens is 1. The lowest BCUT2D eigenvalue weighted by atomic mass is 9.70. The third-order valence-electron chi connectivity index (χ3n) is 13.0. The third kappa shape index (κ3) is 10.1. The molecule has 2 aromatic heterocycles. The van der Waals surface area contributed by atoms with Crippen LogP contribution in [0, 0.1) is 5.82 Å². The molecule has 1 aliphatic carbocycles. The molecule has 0 amide bonds. The van der Waals surface area contributed by atoms with Crippen LogP contribution in [-0.2, 0) is 11.8 Å². The van der Waals surface area contributed by atoms with Gasteiger partial charge < -0.3 is 4.74 Å². The second-order valence-corrected chi connectivity index (χ2v) is 19.0. The molecule has 0 unspecified atom stereocenters. The van der Waals surface area contributed by atoms with Crippen molar-refractivity contribution in [2.24, 2.45) is 0 Å². The van der Waals surface area contributed by atoms with Gasteiger partial charge in [0.05, 0.1) is 18.3 Å². The minimum atomic E-state index is -0.142. The highest BCUT2D eigenvalue weighted by atomic mass is 32.1. The van der Waals surface area contributed by atoms with Gasteiger partial charge >= 0.3 is 0 Å². The minimum absolute atomic E-state index is 0.0595. The van der Waals surface area contributed by atoms with Crippen LogP contribution in [0.15, 0.2) is 78.9 Å². The molecule has 0 atom stereocenters. The zero-order chi connectivity index (χ0) is 41.7. The highest BCUT2D eigenvalue weighted by Gasteiger charge is 2.43. The van der Waals surface area contributed by atoms with E-state index in [-0.39, 0.29) is 11.2 Å². The summed E-state index contributed by atoms with van der Waals surface area (Å²) in [6, 6.07) is 28.6. The van der Waals surface area contributed by atoms with Gasteiger partial charge in [-0.2, -0.15) is 8.75 Å². The first-order valence-corrected chi connectivity index (χ1v) is 25.1. The van der Waals surface area contributed by atoms with E-state index in [1.807, 2.05) is 6.07 Å². The SMILES string of the molecule is CCCCCCCCC1(CCCCCCCC)c2cc(OCCCC)ccc2-c2ccc(-c3ccc(-c4ccc(-c5ccc(CCCCC)cc5F)s4)c4nsnc34)cc21. The van der Waals surface area contributed by atoms with Crippen LogP contribution in [0.25, 0.3) is 54.2 Å². The molecule has 1 aliphatic rings. The predicted molar refractivity (Wildman–Crippen MR) is 257 cm³/mol. The summed E-state index contributed by atoms with van der Waals surface area (Å²) in [7, 11) is 0. The van der Waals surface area contributed by atoms with Gasteiger partial charge in [-0.15, -0.1) is 11.3 Å². The maximum atomic E-state index is 15.5. The van der Waals surface area contributed by atoms with Crippen molar-refractivity contribution in [1.82, 2.24) is 8.75 Å². The fraction of sp³-hybridized carbons (Fsp3) is 0.481. The van der Waals surface area contributed by atoms with Gasteiger partial charge in [-0.05, 0) is 102 Å². The monoisotopic (exact) mass is 842 g/mol. The van der Waals surface area contributed by atoms with E-state index in [0.29, 0.717) is 5.56 Å². The van der Waals surface area contributed by atoms with Crippen LogP contribution in [-0.4, -0.2) is 15.4 Å². The topological polar surface area (TPSA) is 35.0 Å². The van der Waals surface area contributed by atoms with Gasteiger partial charge in [-0.1, -0.05) is 166 Å². The van der Waals surface area contributed by atoms with E-state index in [9.17, 15) is 0 Å². The molecule has 60 heavy (non-hydrogen) atoms. The van der Waals surface area contributed by atoms with Crippen molar-refractivity contribution in [3.63, 3.8) is 0 Å². The number of rotatable bonds is 25. The normalized spacial score (nSPS) is 12.9. The smallest absolute Gasteiger partial charge is 0.132 e. The number of unbranched alkanes of at least 4 members (excludes halogenated alkanes) is 13. The van der Waals surface area contributed by atoms with Crippen LogP contribution in [0.4, 0.5) is 4.39 Å². The number of aryl methyl sites for hydroxylation is 1. The Morgan fingerprint density at radius 2 is 1.07 bits per heavy atom. The van der Waals surface area contributed by atoms with Crippen LogP contribution >= 0.6 is 23.1 Å². The molecule has 0 fully saturated rings. The standard InChI is InChI=1S/C54H67FN2OS2/c1-5-9-13-15-17-20-33-54(34-21-18-16-14-10-6-2)47-37-40(24-27-43(47)44-28-25-41(38-48(44)54)58-35-12-8-4)42-29-30-46(53-52(42)56-60-57-53)51-32-31-50(59-51)45-26-23-39(36-49(45)55)22-19-11-7-3/h23-32,36-38H,5-22,33-35H2,1-4H3. The number of fused-ring (bicyclic) bond motifs is 4. The lowest BCUT2D eigenvalue weighted by molar-refractivity contribution is 0.308. The molecule has 0 radical (unpaired) electrons. The number of hydrogen-bond acceptors (Lipinski definition) is 5. The Labute approximate surface area is 368 Å². The predicted octanol–water partition coefficient (Wildman–Crippen LogP) is 17.6. The molecular weight excluding hydrogens is 776 g/mol. The van der Waals surface area contributed by atoms with E-state index >= 15 is 4.39 Å². The number of aromatic nitrogens is 2. The summed E-state index contributed by atoms with van der Waals surface area (Å²) in [6.45, 7) is 9.80. The molecule has 0 saturated carbocycles. The Kier molecular flexibility index (Phi) is 16.0. The summed E-state index contributed by atoms with van der Waals surface area (Å²) < 4.78 is 31.7. The maximum Gasteiger partial charge on any atom is 0.132 e. The Morgan fingerprint density at radius 1 is 0.517 bits per heavy atom. The zero-order valence-electron chi connectivity index (χ0n) is 36.9. The number of nitrogens with zero attached hydrogens (tertiary/aromatic N) is 2. The van der Waals surface area contributed by atoms with Crippen LogP contribution in [0.2, 0.25) is 0 Å². The van der Waals surface area contributed by atoms with Crippen molar-refractivity contribution < 1.29 is 9.13 Å². The second-order valence-electron chi connectivity index (χ2n) is 17.3. The average Bonchev–Trinajstić information content (AvgIpc) is 4.02. The van der Waals surface area contributed by atoms with Gasteiger partial charge in [0.2, 0.25) is 0 Å². The van der Waals surface area contributed by atoms with Crippen molar-refractivity contribution in [1.29, 1.82) is 0 Å². The van der Waals surface area contributed by atoms with E-state index in [0.717, 1.165) is 88.4 Å². The summed E-state index contributed by atoms with van der Waals surface area (Å²) in [4.78, 5) is 2.02. The Hall–Kier alpha value is -3.87. The van der Waals surface area contributed by atoms with E-state index < -0.39 is 0 Å². The van der Waals surface area contributed by atoms with Crippen molar-refractivity contribution in [2.75, 3.05) is 6.61 Å². The molecule has 0 spiro atoms. The van der Waals surface area contributed by atoms with Crippen molar-refractivity contribution in [2.45, 2.75) is 162 Å². The molecule has 6 heteroatoms. The lowest BCUT2D eigenvalue weighted by Gasteiger charge is -2.33. The highest BCUT2D eigenvalue weighted by molar-refractivity contribution is 7.19. The third-order valence-corrected chi connectivity index (χ3v) is 14.7. The number of benzene rings is 4. The molecule has 2 heterocycles. The van der Waals surface area contributed by atoms with Crippen LogP contribution < -0.4 is 4.74 Å². The van der Waals surface area contributed by atoms with Gasteiger partial charge in [0.25, 0.3) is 0 Å². The molecule has 6 aromatic rings. The summed E-state index contributed by atoms with van der Waals surface area (Å²) in [5.41, 5.74) is 12.6. The Bertz CT molecular complexity index is 2270. The highest BCUT2D eigenvalue weighted by Crippen LogP contribution is 2.56. The van der Waals surface area contributed by atoms with Crippen molar-refractivity contribution in [3.05, 3.63) is 101 Å². The van der Waals surface area contributed by atoms with Crippen LogP contribution in [0.1, 0.15) is 166 Å². The lowest BCUT2D eigenvalue weighted by Crippen LogP contribution is -2.25. The minimum Gasteiger partial charge on any atom is -0.494 e. The molecule has 0 bridgehead atoms. The molecule has 0 aliphatic heterocycles. The molecular formula is C54H67FN2OS2. The summed E-state index contributed by atoms with van der Waals surface area (Å²) in [6.07, 6.45) is 24.4. The van der Waals surface area contributed by atoms with E-state index in [1.54, 1.807) is 17.4 Å². The molecule has 0 saturated heterocycles. The van der Waals surface area contributed by atoms with E-state index in [4.69, 9.17) is 13.5 Å². The summed E-state index contributed by atoms with van der Waals surface area (Å²) >= 11 is 2.91. The van der Waals surface area contributed by atoms with Gasteiger partial charge in [0.1, 0.15) is 22.6 Å². The van der Waals surface area contributed by atoms with E-state index in [2.05, 4.69) is 94.4 Å². The van der Waals surface area contributed by atoms with Gasteiger partial charge in [-0.3, -0.25) is 0 Å².